The van der Waals surface area contributed by atoms with Crippen LogP contribution < -0.4 is 0 Å². The number of nitriles is 1. The monoisotopic (exact) mass is 243 g/mol. The van der Waals surface area contributed by atoms with Gasteiger partial charge in [-0.1, -0.05) is 23.9 Å². The van der Waals surface area contributed by atoms with Crippen LogP contribution in [0, 0.1) is 11.3 Å². The van der Waals surface area contributed by atoms with Crippen LogP contribution in [0.15, 0.2) is 46.6 Å². The summed E-state index contributed by atoms with van der Waals surface area (Å²) in [5.74, 6) is 0. The molecule has 0 spiro atoms. The fourth-order valence-corrected chi connectivity index (χ4v) is 1.93. The van der Waals surface area contributed by atoms with Crippen molar-refractivity contribution in [1.82, 2.24) is 9.97 Å². The molecule has 0 aliphatic rings. The minimum Gasteiger partial charge on any atom is -0.392 e. The van der Waals surface area contributed by atoms with E-state index >= 15 is 0 Å². The Morgan fingerprint density at radius 3 is 2.47 bits per heavy atom. The van der Waals surface area contributed by atoms with Crippen LogP contribution >= 0.6 is 11.8 Å². The zero-order valence-corrected chi connectivity index (χ0v) is 9.68. The predicted octanol–water partition coefficient (Wildman–Crippen LogP) is 1.99. The third-order valence-corrected chi connectivity index (χ3v) is 3.00. The Labute approximate surface area is 103 Å². The highest BCUT2D eigenvalue weighted by Crippen LogP contribution is 2.25. The number of benzene rings is 1. The normalized spacial score (nSPS) is 9.88. The average Bonchev–Trinajstić information content (AvgIpc) is 2.40. The Kier molecular flexibility index (Phi) is 3.70. The molecule has 0 radical (unpaired) electrons. The van der Waals surface area contributed by atoms with Crippen LogP contribution in [0.25, 0.3) is 0 Å². The quantitative estimate of drug-likeness (QED) is 0.892. The molecule has 17 heavy (non-hydrogen) atoms. The lowest BCUT2D eigenvalue weighted by atomic mass is 10.2. The van der Waals surface area contributed by atoms with E-state index in [1.165, 1.54) is 18.0 Å². The summed E-state index contributed by atoms with van der Waals surface area (Å²) >= 11 is 1.46. The van der Waals surface area contributed by atoms with Gasteiger partial charge < -0.3 is 5.11 Å². The molecule has 0 aliphatic heterocycles. The molecule has 0 bridgehead atoms. The lowest BCUT2D eigenvalue weighted by Crippen LogP contribution is -1.87. The molecule has 0 amide bonds. The fourth-order valence-electron chi connectivity index (χ4n) is 1.21. The van der Waals surface area contributed by atoms with Gasteiger partial charge in [-0.05, 0) is 17.7 Å². The van der Waals surface area contributed by atoms with E-state index in [4.69, 9.17) is 10.4 Å². The van der Waals surface area contributed by atoms with Crippen LogP contribution in [0.3, 0.4) is 0 Å². The topological polar surface area (TPSA) is 69.8 Å². The molecule has 1 aromatic heterocycles. The van der Waals surface area contributed by atoms with Crippen LogP contribution in [0.2, 0.25) is 0 Å². The van der Waals surface area contributed by atoms with Crippen LogP contribution in [-0.4, -0.2) is 15.1 Å². The minimum absolute atomic E-state index is 0.0433. The van der Waals surface area contributed by atoms with Crippen LogP contribution in [0.1, 0.15) is 11.3 Å². The summed E-state index contributed by atoms with van der Waals surface area (Å²) in [5.41, 5.74) is 1.19. The Morgan fingerprint density at radius 2 is 1.94 bits per heavy atom. The summed E-state index contributed by atoms with van der Waals surface area (Å²) in [4.78, 5) is 9.07. The number of hydrogen-bond acceptors (Lipinski definition) is 5. The molecular formula is C12H9N3OS. The van der Waals surface area contributed by atoms with Gasteiger partial charge in [0.15, 0.2) is 5.69 Å². The Hall–Kier alpha value is -1.90. The summed E-state index contributed by atoms with van der Waals surface area (Å²) in [6.07, 6.45) is 3.02. The van der Waals surface area contributed by atoms with Crippen molar-refractivity contribution < 1.29 is 5.11 Å². The smallest absolute Gasteiger partial charge is 0.158 e. The van der Waals surface area contributed by atoms with Gasteiger partial charge in [0.05, 0.1) is 19.0 Å². The maximum absolute atomic E-state index is 8.92. The molecule has 0 fully saturated rings. The van der Waals surface area contributed by atoms with Crippen LogP contribution in [-0.2, 0) is 6.61 Å². The van der Waals surface area contributed by atoms with Gasteiger partial charge in [-0.2, -0.15) is 5.26 Å². The maximum Gasteiger partial charge on any atom is 0.158 e. The Bertz CT molecular complexity index is 531. The van der Waals surface area contributed by atoms with Crippen molar-refractivity contribution in [3.63, 3.8) is 0 Å². The summed E-state index contributed by atoms with van der Waals surface area (Å²) in [6.45, 7) is 0.0433. The molecule has 84 valence electrons. The number of rotatable bonds is 3. The SMILES string of the molecule is N#Cc1cnc(Sc2ccc(CO)cc2)cn1. The number of aliphatic hydroxyl groups is 1. The first kappa shape index (κ1) is 11.6. The standard InChI is InChI=1S/C12H9N3OS/c13-5-10-6-15-12(7-14-10)17-11-3-1-9(8-16)2-4-11/h1-4,6-7,16H,8H2. The third kappa shape index (κ3) is 3.03. The summed E-state index contributed by atoms with van der Waals surface area (Å²) in [5, 5.41) is 18.2. The second-order valence-corrected chi connectivity index (χ2v) is 4.35. The van der Waals surface area contributed by atoms with Gasteiger partial charge in [-0.15, -0.1) is 0 Å². The van der Waals surface area contributed by atoms with Gasteiger partial charge in [0.1, 0.15) is 11.1 Å². The molecule has 2 rings (SSSR count). The molecule has 0 atom stereocenters. The van der Waals surface area contributed by atoms with Crippen molar-refractivity contribution >= 4 is 11.8 Å². The van der Waals surface area contributed by atoms with E-state index in [-0.39, 0.29) is 6.61 Å². The highest BCUT2D eigenvalue weighted by molar-refractivity contribution is 7.99. The van der Waals surface area contributed by atoms with Crippen LogP contribution in [0.5, 0.6) is 0 Å². The Morgan fingerprint density at radius 1 is 1.18 bits per heavy atom. The molecule has 2 aromatic rings. The minimum atomic E-state index is 0.0433. The first-order valence-corrected chi connectivity index (χ1v) is 5.73. The van der Waals surface area contributed by atoms with E-state index in [1.807, 2.05) is 30.3 Å². The van der Waals surface area contributed by atoms with E-state index in [0.29, 0.717) is 5.69 Å². The molecule has 0 unspecified atom stereocenters. The van der Waals surface area contributed by atoms with Crippen molar-refractivity contribution in [2.45, 2.75) is 16.5 Å². The third-order valence-electron chi connectivity index (χ3n) is 2.07. The zero-order chi connectivity index (χ0) is 12.1. The van der Waals surface area contributed by atoms with E-state index in [9.17, 15) is 0 Å². The second-order valence-electron chi connectivity index (χ2n) is 3.26. The second kappa shape index (κ2) is 5.43. The molecule has 1 heterocycles. The first-order valence-electron chi connectivity index (χ1n) is 4.91. The number of hydrogen-bond donors (Lipinski definition) is 1. The molecule has 5 heteroatoms. The molecule has 0 saturated heterocycles. The van der Waals surface area contributed by atoms with Crippen LogP contribution in [0.4, 0.5) is 0 Å². The molecule has 4 nitrogen and oxygen atoms in total. The highest BCUT2D eigenvalue weighted by Gasteiger charge is 2.00. The van der Waals surface area contributed by atoms with Gasteiger partial charge >= 0.3 is 0 Å². The zero-order valence-electron chi connectivity index (χ0n) is 8.87. The van der Waals surface area contributed by atoms with Crippen molar-refractivity contribution in [3.8, 4) is 6.07 Å². The summed E-state index contributed by atoms with van der Waals surface area (Å²) in [7, 11) is 0. The number of nitrogens with zero attached hydrogens (tertiary/aromatic N) is 3. The molecular weight excluding hydrogens is 234 g/mol. The summed E-state index contributed by atoms with van der Waals surface area (Å²) < 4.78 is 0. The predicted molar refractivity (Wildman–Crippen MR) is 63.2 cm³/mol. The first-order chi connectivity index (χ1) is 8.31. The lowest BCUT2D eigenvalue weighted by Gasteiger charge is -2.01. The highest BCUT2D eigenvalue weighted by atomic mass is 32.2. The molecule has 0 saturated carbocycles. The average molecular weight is 243 g/mol. The van der Waals surface area contributed by atoms with E-state index in [1.54, 1.807) is 6.20 Å². The van der Waals surface area contributed by atoms with Crippen molar-refractivity contribution in [1.29, 1.82) is 5.26 Å². The van der Waals surface area contributed by atoms with E-state index < -0.39 is 0 Å². The molecule has 1 aromatic carbocycles. The van der Waals surface area contributed by atoms with Crippen molar-refractivity contribution in [2.24, 2.45) is 0 Å². The van der Waals surface area contributed by atoms with Crippen molar-refractivity contribution in [2.75, 3.05) is 0 Å². The molecule has 1 N–H and O–H groups in total. The van der Waals surface area contributed by atoms with Gasteiger partial charge in [0.2, 0.25) is 0 Å². The lowest BCUT2D eigenvalue weighted by molar-refractivity contribution is 0.282. The van der Waals surface area contributed by atoms with E-state index in [2.05, 4.69) is 9.97 Å². The Balaban J connectivity index is 2.11. The number of aromatic nitrogens is 2. The largest absolute Gasteiger partial charge is 0.392 e. The van der Waals surface area contributed by atoms with E-state index in [0.717, 1.165) is 15.5 Å². The van der Waals surface area contributed by atoms with Crippen molar-refractivity contribution in [3.05, 3.63) is 47.9 Å². The fraction of sp³-hybridized carbons (Fsp3) is 0.0833. The van der Waals surface area contributed by atoms with Gasteiger partial charge in [-0.3, -0.25) is 0 Å². The van der Waals surface area contributed by atoms with Gasteiger partial charge in [-0.25, -0.2) is 9.97 Å². The van der Waals surface area contributed by atoms with Gasteiger partial charge in [0, 0.05) is 4.90 Å². The maximum atomic E-state index is 8.92. The molecule has 0 aliphatic carbocycles. The number of aliphatic hydroxyl groups excluding tert-OH is 1. The summed E-state index contributed by atoms with van der Waals surface area (Å²) in [6, 6.07) is 9.47. The van der Waals surface area contributed by atoms with Gasteiger partial charge in [0.25, 0.3) is 0 Å².